The van der Waals surface area contributed by atoms with Gasteiger partial charge in [0.25, 0.3) is 0 Å². The first-order valence-corrected chi connectivity index (χ1v) is 9.33. The van der Waals surface area contributed by atoms with Crippen molar-refractivity contribution >= 4 is 12.0 Å². The topological polar surface area (TPSA) is 88.1 Å². The third kappa shape index (κ3) is 3.31. The average molecular weight is 376 g/mol. The van der Waals surface area contributed by atoms with Gasteiger partial charge in [0.1, 0.15) is 0 Å². The number of nitrogens with one attached hydrogen (secondary N) is 1. The number of benzene rings is 1. The lowest BCUT2D eigenvalue weighted by atomic mass is 9.81. The molecule has 2 amide bonds. The third-order valence-electron chi connectivity index (χ3n) is 6.16. The minimum Gasteiger partial charge on any atom is -0.493 e. The van der Waals surface area contributed by atoms with Gasteiger partial charge in [0.15, 0.2) is 11.5 Å². The summed E-state index contributed by atoms with van der Waals surface area (Å²) in [6.07, 6.45) is 2.45. The number of carboxylic acid groups (broad SMARTS) is 1. The van der Waals surface area contributed by atoms with Gasteiger partial charge in [0, 0.05) is 13.1 Å². The lowest BCUT2D eigenvalue weighted by Crippen LogP contribution is -2.42. The van der Waals surface area contributed by atoms with Crippen molar-refractivity contribution in [2.24, 2.45) is 11.3 Å². The van der Waals surface area contributed by atoms with Gasteiger partial charge in [-0.1, -0.05) is 6.42 Å². The van der Waals surface area contributed by atoms with Crippen LogP contribution < -0.4 is 14.8 Å². The highest BCUT2D eigenvalue weighted by molar-refractivity contribution is 5.80. The first-order valence-electron chi connectivity index (χ1n) is 9.33. The zero-order valence-electron chi connectivity index (χ0n) is 16.4. The molecule has 1 saturated carbocycles. The van der Waals surface area contributed by atoms with Gasteiger partial charge >= 0.3 is 12.0 Å². The van der Waals surface area contributed by atoms with E-state index < -0.39 is 11.4 Å². The number of fused-ring (bicyclic) bond motifs is 1. The van der Waals surface area contributed by atoms with Crippen molar-refractivity contribution in [3.63, 3.8) is 0 Å². The molecule has 1 saturated heterocycles. The molecule has 0 spiro atoms. The quantitative estimate of drug-likeness (QED) is 0.825. The van der Waals surface area contributed by atoms with Gasteiger partial charge in [-0.15, -0.1) is 0 Å². The Morgan fingerprint density at radius 2 is 1.96 bits per heavy atom. The van der Waals surface area contributed by atoms with Crippen LogP contribution in [0.4, 0.5) is 4.79 Å². The number of nitrogens with zero attached hydrogens (tertiary/aromatic N) is 1. The van der Waals surface area contributed by atoms with Crippen LogP contribution in [0.25, 0.3) is 0 Å². The second-order valence-corrected chi connectivity index (χ2v) is 7.67. The van der Waals surface area contributed by atoms with Crippen molar-refractivity contribution in [1.82, 2.24) is 10.2 Å². The second kappa shape index (κ2) is 7.29. The molecule has 1 aromatic carbocycles. The minimum absolute atomic E-state index is 0.0545. The SMILES string of the molecule is COc1cc(C)c(C(C)NC(=O)N2C[C@@H]3CCC[C@@]3(C(=O)O)C2)cc1OC. The van der Waals surface area contributed by atoms with Crippen molar-refractivity contribution < 1.29 is 24.2 Å². The van der Waals surface area contributed by atoms with Crippen molar-refractivity contribution in [1.29, 1.82) is 0 Å². The molecule has 0 radical (unpaired) electrons. The molecule has 27 heavy (non-hydrogen) atoms. The zero-order chi connectivity index (χ0) is 19.8. The lowest BCUT2D eigenvalue weighted by Gasteiger charge is -2.25. The van der Waals surface area contributed by atoms with E-state index in [4.69, 9.17) is 9.47 Å². The van der Waals surface area contributed by atoms with E-state index in [0.29, 0.717) is 24.5 Å². The molecule has 7 nitrogen and oxygen atoms in total. The number of amides is 2. The van der Waals surface area contributed by atoms with Crippen molar-refractivity contribution in [3.8, 4) is 11.5 Å². The maximum Gasteiger partial charge on any atom is 0.317 e. The highest BCUT2D eigenvalue weighted by Gasteiger charge is 2.55. The predicted molar refractivity (Wildman–Crippen MR) is 100 cm³/mol. The van der Waals surface area contributed by atoms with E-state index >= 15 is 0 Å². The number of carbonyl (C=O) groups is 2. The standard InChI is InChI=1S/C20H28N2O5/c1-12-8-16(26-3)17(27-4)9-15(12)13(2)21-19(25)22-10-14-6-5-7-20(14,11-22)18(23)24/h8-9,13-14H,5-7,10-11H2,1-4H3,(H,21,25)(H,23,24)/t13?,14-,20+/m0/s1. The normalized spacial score (nSPS) is 25.0. The first kappa shape index (κ1) is 19.3. The maximum absolute atomic E-state index is 12.8. The Bertz CT molecular complexity index is 750. The number of methoxy groups -OCH3 is 2. The van der Waals surface area contributed by atoms with Crippen LogP contribution in [0.3, 0.4) is 0 Å². The molecule has 1 aliphatic heterocycles. The molecule has 0 bridgehead atoms. The molecule has 1 aliphatic carbocycles. The van der Waals surface area contributed by atoms with Crippen LogP contribution in [0.5, 0.6) is 11.5 Å². The number of hydrogen-bond acceptors (Lipinski definition) is 4. The summed E-state index contributed by atoms with van der Waals surface area (Å²) in [5, 5.41) is 12.7. The highest BCUT2D eigenvalue weighted by atomic mass is 16.5. The van der Waals surface area contributed by atoms with E-state index in [2.05, 4.69) is 5.32 Å². The third-order valence-corrected chi connectivity index (χ3v) is 6.16. The molecule has 3 rings (SSSR count). The average Bonchev–Trinajstić information content (AvgIpc) is 3.19. The Balaban J connectivity index is 1.73. The van der Waals surface area contributed by atoms with E-state index in [0.717, 1.165) is 24.0 Å². The monoisotopic (exact) mass is 376 g/mol. The molecule has 2 aliphatic rings. The molecule has 2 N–H and O–H groups in total. The number of aryl methyl sites for hydroxylation is 1. The van der Waals surface area contributed by atoms with Crippen molar-refractivity contribution in [2.45, 2.75) is 39.2 Å². The summed E-state index contributed by atoms with van der Waals surface area (Å²) in [5.41, 5.74) is 1.16. The molecule has 7 heteroatoms. The molecule has 0 aromatic heterocycles. The van der Waals surface area contributed by atoms with Crippen molar-refractivity contribution in [3.05, 3.63) is 23.3 Å². The Kier molecular flexibility index (Phi) is 5.22. The summed E-state index contributed by atoms with van der Waals surface area (Å²) in [5.74, 6) is 0.538. The summed E-state index contributed by atoms with van der Waals surface area (Å²) in [7, 11) is 3.17. The zero-order valence-corrected chi connectivity index (χ0v) is 16.4. The van der Waals surface area contributed by atoms with Crippen molar-refractivity contribution in [2.75, 3.05) is 27.3 Å². The van der Waals surface area contributed by atoms with Crippen LogP contribution in [0.1, 0.15) is 43.4 Å². The molecule has 1 aromatic rings. The molecule has 148 valence electrons. The Hall–Kier alpha value is -2.44. The van der Waals surface area contributed by atoms with Gasteiger partial charge in [-0.05, 0) is 55.9 Å². The summed E-state index contributed by atoms with van der Waals surface area (Å²) in [4.78, 5) is 26.2. The minimum atomic E-state index is -0.774. The molecule has 3 atom stereocenters. The van der Waals surface area contributed by atoms with E-state index in [1.807, 2.05) is 26.0 Å². The largest absolute Gasteiger partial charge is 0.493 e. The number of hydrogen-bond donors (Lipinski definition) is 2. The fourth-order valence-electron chi connectivity index (χ4n) is 4.61. The maximum atomic E-state index is 12.8. The number of ether oxygens (including phenoxy) is 2. The van der Waals surface area contributed by atoms with Gasteiger partial charge in [-0.25, -0.2) is 4.79 Å². The fraction of sp³-hybridized carbons (Fsp3) is 0.600. The molecular weight excluding hydrogens is 348 g/mol. The van der Waals surface area contributed by atoms with Gasteiger partial charge in [0.05, 0.1) is 25.7 Å². The molecular formula is C20H28N2O5. The van der Waals surface area contributed by atoms with Crippen LogP contribution in [0.15, 0.2) is 12.1 Å². The summed E-state index contributed by atoms with van der Waals surface area (Å²) >= 11 is 0. The summed E-state index contributed by atoms with van der Waals surface area (Å²) < 4.78 is 10.7. The number of likely N-dealkylation sites (tertiary alicyclic amines) is 1. The van der Waals surface area contributed by atoms with E-state index in [-0.39, 0.29) is 24.5 Å². The first-order chi connectivity index (χ1) is 12.8. The molecule has 2 fully saturated rings. The van der Waals surface area contributed by atoms with Crippen LogP contribution >= 0.6 is 0 Å². The van der Waals surface area contributed by atoms with Gasteiger partial charge in [-0.3, -0.25) is 4.79 Å². The lowest BCUT2D eigenvalue weighted by molar-refractivity contribution is -0.149. The number of urea groups is 1. The van der Waals surface area contributed by atoms with Gasteiger partial charge in [0.2, 0.25) is 0 Å². The number of carbonyl (C=O) groups excluding carboxylic acids is 1. The fourth-order valence-corrected chi connectivity index (χ4v) is 4.61. The second-order valence-electron chi connectivity index (χ2n) is 7.67. The van der Waals surface area contributed by atoms with Crippen LogP contribution in [-0.4, -0.2) is 49.3 Å². The smallest absolute Gasteiger partial charge is 0.317 e. The Morgan fingerprint density at radius 3 is 2.56 bits per heavy atom. The van der Waals surface area contributed by atoms with E-state index in [1.54, 1.807) is 19.1 Å². The highest BCUT2D eigenvalue weighted by Crippen LogP contribution is 2.48. The van der Waals surface area contributed by atoms with Gasteiger partial charge in [-0.2, -0.15) is 0 Å². The molecule has 1 unspecified atom stereocenters. The number of aliphatic carboxylic acids is 1. The van der Waals surface area contributed by atoms with E-state index in [9.17, 15) is 14.7 Å². The Morgan fingerprint density at radius 1 is 1.30 bits per heavy atom. The summed E-state index contributed by atoms with van der Waals surface area (Å²) in [6.45, 7) is 4.67. The van der Waals surface area contributed by atoms with Crippen LogP contribution in [0.2, 0.25) is 0 Å². The number of carboxylic acids is 1. The summed E-state index contributed by atoms with van der Waals surface area (Å²) in [6, 6.07) is 3.30. The van der Waals surface area contributed by atoms with E-state index in [1.165, 1.54) is 0 Å². The predicted octanol–water partition coefficient (Wildman–Crippen LogP) is 2.97. The van der Waals surface area contributed by atoms with Crippen LogP contribution in [0, 0.1) is 18.3 Å². The van der Waals surface area contributed by atoms with Crippen LogP contribution in [-0.2, 0) is 4.79 Å². The van der Waals surface area contributed by atoms with Gasteiger partial charge < -0.3 is 24.8 Å². The Labute approximate surface area is 159 Å². The number of rotatable bonds is 5. The molecule has 1 heterocycles.